The fraction of sp³-hybridized carbons (Fsp3) is 0.467. The van der Waals surface area contributed by atoms with Crippen molar-refractivity contribution in [2.75, 3.05) is 5.75 Å². The van der Waals surface area contributed by atoms with Gasteiger partial charge in [-0.15, -0.1) is 0 Å². The molecule has 0 radical (unpaired) electrons. The first-order valence-electron chi connectivity index (χ1n) is 6.97. The van der Waals surface area contributed by atoms with Crippen LogP contribution in [0.25, 0.3) is 0 Å². The summed E-state index contributed by atoms with van der Waals surface area (Å²) in [5.41, 5.74) is -1.03. The van der Waals surface area contributed by atoms with Gasteiger partial charge in [-0.05, 0) is 37.1 Å². The smallest absolute Gasteiger partial charge is 0.305 e. The number of aliphatic carboxylic acids is 1. The highest BCUT2D eigenvalue weighted by Gasteiger charge is 2.34. The summed E-state index contributed by atoms with van der Waals surface area (Å²) in [7, 11) is -3.82. The van der Waals surface area contributed by atoms with Gasteiger partial charge >= 0.3 is 5.97 Å². The Bertz CT molecular complexity index is 684. The van der Waals surface area contributed by atoms with Crippen molar-refractivity contribution < 1.29 is 23.1 Å². The number of hydrogen-bond donors (Lipinski definition) is 2. The second-order valence-electron chi connectivity index (χ2n) is 5.90. The molecule has 0 aliphatic heterocycles. The third kappa shape index (κ3) is 5.51. The van der Waals surface area contributed by atoms with Crippen molar-refractivity contribution in [2.24, 2.45) is 5.92 Å². The van der Waals surface area contributed by atoms with Gasteiger partial charge in [0, 0.05) is 10.6 Å². The number of benzene rings is 1. The van der Waals surface area contributed by atoms with E-state index in [0.717, 1.165) is 0 Å². The number of carboxylic acid groups (broad SMARTS) is 1. The van der Waals surface area contributed by atoms with E-state index in [1.54, 1.807) is 20.8 Å². The van der Waals surface area contributed by atoms with Gasteiger partial charge in [0.1, 0.15) is 5.75 Å². The van der Waals surface area contributed by atoms with Crippen LogP contribution in [-0.2, 0) is 19.4 Å². The summed E-state index contributed by atoms with van der Waals surface area (Å²) in [6.07, 6.45) is -0.294. The number of carbonyl (C=O) groups is 2. The number of amides is 1. The molecule has 2 N–H and O–H groups in total. The van der Waals surface area contributed by atoms with Crippen molar-refractivity contribution in [1.29, 1.82) is 0 Å². The zero-order chi connectivity index (χ0) is 17.8. The monoisotopic (exact) mass is 361 g/mol. The average molecular weight is 362 g/mol. The number of sulfone groups is 1. The number of rotatable bonds is 7. The van der Waals surface area contributed by atoms with Crippen molar-refractivity contribution in [3.05, 3.63) is 29.3 Å². The highest BCUT2D eigenvalue weighted by molar-refractivity contribution is 7.92. The molecule has 0 aliphatic carbocycles. The summed E-state index contributed by atoms with van der Waals surface area (Å²) in [6.45, 7) is 5.10. The Kier molecular flexibility index (Phi) is 6.18. The first-order chi connectivity index (χ1) is 10.5. The third-order valence-corrected chi connectivity index (χ3v) is 5.60. The predicted octanol–water partition coefficient (Wildman–Crippen LogP) is 2.12. The van der Waals surface area contributed by atoms with E-state index >= 15 is 0 Å². The summed E-state index contributed by atoms with van der Waals surface area (Å²) in [4.78, 5) is 23.0. The highest BCUT2D eigenvalue weighted by atomic mass is 35.5. The molecule has 0 saturated heterocycles. The Labute approximate surface area is 140 Å². The maximum absolute atomic E-state index is 12.2. The Morgan fingerprint density at radius 3 is 2.22 bits per heavy atom. The van der Waals surface area contributed by atoms with E-state index in [1.165, 1.54) is 24.3 Å². The molecule has 0 aromatic heterocycles. The first-order valence-corrected chi connectivity index (χ1v) is 9.00. The Morgan fingerprint density at radius 2 is 1.78 bits per heavy atom. The maximum Gasteiger partial charge on any atom is 0.305 e. The fourth-order valence-electron chi connectivity index (χ4n) is 1.96. The lowest BCUT2D eigenvalue weighted by atomic mass is 9.85. The van der Waals surface area contributed by atoms with Crippen LogP contribution in [0.15, 0.2) is 29.2 Å². The molecule has 1 unspecified atom stereocenters. The van der Waals surface area contributed by atoms with E-state index in [2.05, 4.69) is 5.32 Å². The Morgan fingerprint density at radius 1 is 1.26 bits per heavy atom. The summed E-state index contributed by atoms with van der Waals surface area (Å²) >= 11 is 5.71. The molecule has 0 fully saturated rings. The third-order valence-electron chi connectivity index (χ3n) is 3.71. The van der Waals surface area contributed by atoms with Gasteiger partial charge in [0.2, 0.25) is 5.91 Å². The van der Waals surface area contributed by atoms with Gasteiger partial charge in [0.05, 0.1) is 11.3 Å². The molecule has 1 rings (SSSR count). The van der Waals surface area contributed by atoms with Crippen LogP contribution < -0.4 is 5.32 Å². The first kappa shape index (κ1) is 19.4. The Balaban J connectivity index is 2.89. The van der Waals surface area contributed by atoms with Crippen LogP contribution in [0, 0.1) is 5.92 Å². The largest absolute Gasteiger partial charge is 0.481 e. The van der Waals surface area contributed by atoms with Gasteiger partial charge in [-0.2, -0.15) is 0 Å². The molecule has 1 atom stereocenters. The SMILES string of the molecule is CC(C)C(C)(CC(=O)O)NC(=O)CS(=O)(=O)c1ccc(Cl)cc1. The van der Waals surface area contributed by atoms with Crippen molar-refractivity contribution in [3.8, 4) is 0 Å². The number of nitrogens with one attached hydrogen (secondary N) is 1. The van der Waals surface area contributed by atoms with Gasteiger partial charge in [-0.25, -0.2) is 8.42 Å². The minimum absolute atomic E-state index is 0.0125. The minimum Gasteiger partial charge on any atom is -0.481 e. The molecule has 1 aromatic carbocycles. The maximum atomic E-state index is 12.2. The van der Waals surface area contributed by atoms with E-state index in [9.17, 15) is 18.0 Å². The molecule has 0 aliphatic rings. The highest BCUT2D eigenvalue weighted by Crippen LogP contribution is 2.21. The number of carboxylic acids is 1. The van der Waals surface area contributed by atoms with Crippen molar-refractivity contribution in [3.63, 3.8) is 0 Å². The van der Waals surface area contributed by atoms with Crippen molar-refractivity contribution in [2.45, 2.75) is 37.6 Å². The van der Waals surface area contributed by atoms with Gasteiger partial charge in [-0.3, -0.25) is 9.59 Å². The predicted molar refractivity (Wildman–Crippen MR) is 87.1 cm³/mol. The van der Waals surface area contributed by atoms with Crippen LogP contribution in [0.4, 0.5) is 0 Å². The molecule has 128 valence electrons. The minimum atomic E-state index is -3.82. The van der Waals surface area contributed by atoms with Crippen LogP contribution in [-0.4, -0.2) is 36.7 Å². The number of hydrogen-bond acceptors (Lipinski definition) is 4. The lowest BCUT2D eigenvalue weighted by molar-refractivity contribution is -0.139. The summed E-state index contributed by atoms with van der Waals surface area (Å²) in [5, 5.41) is 11.9. The van der Waals surface area contributed by atoms with Crippen molar-refractivity contribution in [1.82, 2.24) is 5.32 Å². The van der Waals surface area contributed by atoms with Crippen LogP contribution in [0.5, 0.6) is 0 Å². The molecule has 23 heavy (non-hydrogen) atoms. The molecule has 1 amide bonds. The van der Waals surface area contributed by atoms with Gasteiger partial charge in [-0.1, -0.05) is 25.4 Å². The van der Waals surface area contributed by atoms with E-state index in [0.29, 0.717) is 5.02 Å². The number of halogens is 1. The molecule has 0 spiro atoms. The topological polar surface area (TPSA) is 101 Å². The van der Waals surface area contributed by atoms with Gasteiger partial charge in [0.25, 0.3) is 0 Å². The second-order valence-corrected chi connectivity index (χ2v) is 8.33. The second kappa shape index (κ2) is 7.31. The van der Waals surface area contributed by atoms with Gasteiger partial charge in [0.15, 0.2) is 9.84 Å². The summed E-state index contributed by atoms with van der Waals surface area (Å²) < 4.78 is 24.4. The van der Waals surface area contributed by atoms with Crippen LogP contribution in [0.3, 0.4) is 0 Å². The average Bonchev–Trinajstić information content (AvgIpc) is 2.36. The standard InChI is InChI=1S/C15H20ClNO5S/c1-10(2)15(3,8-14(19)20)17-13(18)9-23(21,22)12-6-4-11(16)5-7-12/h4-7,10H,8-9H2,1-3H3,(H,17,18)(H,19,20). The molecule has 8 heteroatoms. The lowest BCUT2D eigenvalue weighted by Gasteiger charge is -2.33. The van der Waals surface area contributed by atoms with E-state index in [1.807, 2.05) is 0 Å². The Hall–Kier alpha value is -1.60. The molecular formula is C15H20ClNO5S. The van der Waals surface area contributed by atoms with E-state index in [-0.39, 0.29) is 17.2 Å². The zero-order valence-electron chi connectivity index (χ0n) is 13.2. The van der Waals surface area contributed by atoms with Crippen LogP contribution in [0.1, 0.15) is 27.2 Å². The molecule has 0 bridgehead atoms. The number of carbonyl (C=O) groups excluding carboxylic acids is 1. The van der Waals surface area contributed by atoms with E-state index < -0.39 is 33.0 Å². The van der Waals surface area contributed by atoms with Crippen LogP contribution >= 0.6 is 11.6 Å². The lowest BCUT2D eigenvalue weighted by Crippen LogP contribution is -2.52. The fourth-order valence-corrected chi connectivity index (χ4v) is 3.22. The van der Waals surface area contributed by atoms with Gasteiger partial charge < -0.3 is 10.4 Å². The molecule has 6 nitrogen and oxygen atoms in total. The van der Waals surface area contributed by atoms with Crippen LogP contribution in [0.2, 0.25) is 5.02 Å². The van der Waals surface area contributed by atoms with E-state index in [4.69, 9.17) is 16.7 Å². The summed E-state index contributed by atoms with van der Waals surface area (Å²) in [5.74, 6) is -2.74. The zero-order valence-corrected chi connectivity index (χ0v) is 14.7. The normalized spacial score (nSPS) is 14.3. The molecule has 0 saturated carbocycles. The molecule has 0 heterocycles. The van der Waals surface area contributed by atoms with Crippen molar-refractivity contribution >= 4 is 33.3 Å². The summed E-state index contributed by atoms with van der Waals surface area (Å²) in [6, 6.07) is 5.50. The quantitative estimate of drug-likeness (QED) is 0.774. The molecular weight excluding hydrogens is 342 g/mol. The molecule has 1 aromatic rings.